The summed E-state index contributed by atoms with van der Waals surface area (Å²) in [4.78, 5) is 17.2. The molecular weight excluding hydrogens is 384 g/mol. The van der Waals surface area contributed by atoms with E-state index in [0.29, 0.717) is 23.9 Å². The van der Waals surface area contributed by atoms with Crippen LogP contribution in [0.4, 0.5) is 5.69 Å². The van der Waals surface area contributed by atoms with Crippen LogP contribution in [0.1, 0.15) is 41.7 Å². The van der Waals surface area contributed by atoms with Crippen molar-refractivity contribution in [3.8, 4) is 11.5 Å². The lowest BCUT2D eigenvalue weighted by Crippen LogP contribution is -2.13. The number of hydrogen-bond acceptors (Lipinski definition) is 6. The number of aliphatic hydroxyl groups is 1. The second kappa shape index (κ2) is 7.10. The number of fused-ring (bicyclic) bond motifs is 1. The summed E-state index contributed by atoms with van der Waals surface area (Å²) in [6, 6.07) is 4.08. The number of amides is 1. The highest BCUT2D eigenvalue weighted by atomic mass is 16.3. The Morgan fingerprint density at radius 2 is 2.17 bits per heavy atom. The Kier molecular flexibility index (Phi) is 4.39. The van der Waals surface area contributed by atoms with E-state index in [-0.39, 0.29) is 11.6 Å². The van der Waals surface area contributed by atoms with E-state index in [2.05, 4.69) is 26.6 Å². The molecule has 0 aliphatic heterocycles. The summed E-state index contributed by atoms with van der Waals surface area (Å²) in [7, 11) is 1.91. The molecule has 0 saturated heterocycles. The molecule has 154 valence electrons. The van der Waals surface area contributed by atoms with Gasteiger partial charge in [-0.05, 0) is 43.4 Å². The molecule has 1 aliphatic carbocycles. The highest BCUT2D eigenvalue weighted by Gasteiger charge is 2.28. The summed E-state index contributed by atoms with van der Waals surface area (Å²) in [5.41, 5.74) is 3.80. The van der Waals surface area contributed by atoms with Gasteiger partial charge >= 0.3 is 0 Å². The van der Waals surface area contributed by atoms with Crippen LogP contribution in [0.2, 0.25) is 0 Å². The first-order valence-electron chi connectivity index (χ1n) is 9.91. The summed E-state index contributed by atoms with van der Waals surface area (Å²) >= 11 is 0. The maximum absolute atomic E-state index is 12.8. The molecule has 1 atom stereocenters. The smallest absolute Gasteiger partial charge is 0.277 e. The maximum Gasteiger partial charge on any atom is 0.277 e. The Balaban J connectivity index is 1.39. The number of carbonyl (C=O) groups excluding carboxylic acids is 1. The van der Waals surface area contributed by atoms with Gasteiger partial charge in [0.05, 0.1) is 36.1 Å². The fraction of sp³-hybridized carbons (Fsp3) is 0.333. The molecule has 2 N–H and O–H groups in total. The van der Waals surface area contributed by atoms with Gasteiger partial charge in [-0.2, -0.15) is 10.2 Å². The molecule has 3 aromatic heterocycles. The SMILES string of the molecule is C[C@H](O)Cn1cc(-c2nc(C(=O)Nc3cc4cnn(C)c4cc3C3CC3)co2)cn1. The number of oxazole rings is 1. The molecule has 0 radical (unpaired) electrons. The second-order valence-electron chi connectivity index (χ2n) is 7.83. The van der Waals surface area contributed by atoms with Gasteiger partial charge in [-0.1, -0.05) is 0 Å². The molecule has 30 heavy (non-hydrogen) atoms. The summed E-state index contributed by atoms with van der Waals surface area (Å²) in [5, 5.41) is 21.9. The standard InChI is InChI=1S/C21H22N6O3/c1-12(28)9-27-10-15(8-23-27)21-25-18(11-30-21)20(29)24-17-5-14-7-22-26(2)19(14)6-16(17)13-3-4-13/h5-8,10-13,28H,3-4,9H2,1-2H3,(H,24,29)/t12-/m0/s1. The summed E-state index contributed by atoms with van der Waals surface area (Å²) in [5.74, 6) is 0.445. The van der Waals surface area contributed by atoms with Gasteiger partial charge in [0, 0.05) is 24.3 Å². The van der Waals surface area contributed by atoms with E-state index in [0.717, 1.165) is 35.0 Å². The van der Waals surface area contributed by atoms with Crippen LogP contribution in [-0.2, 0) is 13.6 Å². The highest BCUT2D eigenvalue weighted by Crippen LogP contribution is 2.44. The van der Waals surface area contributed by atoms with Crippen molar-refractivity contribution in [1.29, 1.82) is 0 Å². The monoisotopic (exact) mass is 406 g/mol. The highest BCUT2D eigenvalue weighted by molar-refractivity contribution is 6.04. The summed E-state index contributed by atoms with van der Waals surface area (Å²) in [6.45, 7) is 2.06. The number of aliphatic hydroxyl groups excluding tert-OH is 1. The minimum atomic E-state index is -0.513. The molecule has 1 aliphatic rings. The molecular formula is C21H22N6O3. The fourth-order valence-electron chi connectivity index (χ4n) is 3.60. The first kappa shape index (κ1) is 18.6. The van der Waals surface area contributed by atoms with Crippen molar-refractivity contribution in [1.82, 2.24) is 24.5 Å². The Hall–Kier alpha value is -3.46. The van der Waals surface area contributed by atoms with Crippen LogP contribution in [0.3, 0.4) is 0 Å². The van der Waals surface area contributed by atoms with E-state index in [1.54, 1.807) is 30.2 Å². The zero-order valence-electron chi connectivity index (χ0n) is 16.7. The first-order valence-corrected chi connectivity index (χ1v) is 9.91. The molecule has 1 amide bonds. The van der Waals surface area contributed by atoms with Crippen molar-refractivity contribution in [2.45, 2.75) is 38.3 Å². The molecule has 0 unspecified atom stereocenters. The topological polar surface area (TPSA) is 111 Å². The number of carbonyl (C=O) groups is 1. The van der Waals surface area contributed by atoms with Crippen molar-refractivity contribution in [3.05, 3.63) is 48.2 Å². The third-order valence-electron chi connectivity index (χ3n) is 5.25. The van der Waals surface area contributed by atoms with Crippen molar-refractivity contribution in [2.24, 2.45) is 7.05 Å². The third-order valence-corrected chi connectivity index (χ3v) is 5.25. The van der Waals surface area contributed by atoms with Crippen molar-refractivity contribution in [3.63, 3.8) is 0 Å². The minimum Gasteiger partial charge on any atom is -0.444 e. The average molecular weight is 406 g/mol. The van der Waals surface area contributed by atoms with E-state index in [1.165, 1.54) is 6.26 Å². The molecule has 5 rings (SSSR count). The van der Waals surface area contributed by atoms with Crippen LogP contribution in [0, 0.1) is 0 Å². The molecule has 0 spiro atoms. The van der Waals surface area contributed by atoms with Crippen molar-refractivity contribution < 1.29 is 14.3 Å². The largest absolute Gasteiger partial charge is 0.444 e. The van der Waals surface area contributed by atoms with Crippen LogP contribution in [0.25, 0.3) is 22.4 Å². The van der Waals surface area contributed by atoms with E-state index < -0.39 is 6.10 Å². The van der Waals surface area contributed by atoms with E-state index in [1.807, 2.05) is 17.8 Å². The number of nitrogens with one attached hydrogen (secondary N) is 1. The Labute approximate surface area is 172 Å². The van der Waals surface area contributed by atoms with Crippen LogP contribution < -0.4 is 5.32 Å². The molecule has 1 fully saturated rings. The minimum absolute atomic E-state index is 0.196. The number of aryl methyl sites for hydroxylation is 1. The van der Waals surface area contributed by atoms with E-state index in [9.17, 15) is 9.90 Å². The van der Waals surface area contributed by atoms with Gasteiger partial charge in [0.2, 0.25) is 5.89 Å². The normalized spacial score (nSPS) is 14.9. The van der Waals surface area contributed by atoms with Gasteiger partial charge < -0.3 is 14.8 Å². The molecule has 4 aromatic rings. The number of hydrogen-bond donors (Lipinski definition) is 2. The van der Waals surface area contributed by atoms with Crippen LogP contribution in [-0.4, -0.2) is 41.7 Å². The van der Waals surface area contributed by atoms with Crippen molar-refractivity contribution >= 4 is 22.5 Å². The quantitative estimate of drug-likeness (QED) is 0.509. The van der Waals surface area contributed by atoms with Crippen LogP contribution in [0.15, 0.2) is 41.4 Å². The summed E-state index contributed by atoms with van der Waals surface area (Å²) < 4.78 is 8.94. The number of aromatic nitrogens is 5. The average Bonchev–Trinajstić information content (AvgIpc) is 3.10. The molecule has 1 saturated carbocycles. The maximum atomic E-state index is 12.8. The first-order chi connectivity index (χ1) is 14.5. The van der Waals surface area contributed by atoms with Gasteiger partial charge in [0.1, 0.15) is 6.26 Å². The zero-order chi connectivity index (χ0) is 20.8. The lowest BCUT2D eigenvalue weighted by molar-refractivity contribution is 0.102. The van der Waals surface area contributed by atoms with Crippen LogP contribution >= 0.6 is 0 Å². The molecule has 9 nitrogen and oxygen atoms in total. The predicted octanol–water partition coefficient (Wildman–Crippen LogP) is 2.94. The lowest BCUT2D eigenvalue weighted by Gasteiger charge is -2.10. The fourth-order valence-corrected chi connectivity index (χ4v) is 3.60. The lowest BCUT2D eigenvalue weighted by atomic mass is 10.1. The molecule has 3 heterocycles. The number of nitrogens with zero attached hydrogens (tertiary/aromatic N) is 5. The van der Waals surface area contributed by atoms with Crippen molar-refractivity contribution in [2.75, 3.05) is 5.32 Å². The Morgan fingerprint density at radius 1 is 1.33 bits per heavy atom. The summed E-state index contributed by atoms with van der Waals surface area (Å²) in [6.07, 6.45) is 8.19. The number of rotatable bonds is 6. The van der Waals surface area contributed by atoms with Gasteiger partial charge in [-0.15, -0.1) is 0 Å². The molecule has 1 aromatic carbocycles. The van der Waals surface area contributed by atoms with E-state index >= 15 is 0 Å². The second-order valence-corrected chi connectivity index (χ2v) is 7.83. The van der Waals surface area contributed by atoms with Crippen LogP contribution in [0.5, 0.6) is 0 Å². The number of anilines is 1. The van der Waals surface area contributed by atoms with E-state index in [4.69, 9.17) is 4.42 Å². The van der Waals surface area contributed by atoms with Gasteiger partial charge in [-0.3, -0.25) is 14.2 Å². The van der Waals surface area contributed by atoms with Gasteiger partial charge in [0.25, 0.3) is 5.91 Å². The third kappa shape index (κ3) is 3.48. The molecule has 9 heteroatoms. The predicted molar refractivity (Wildman–Crippen MR) is 110 cm³/mol. The Morgan fingerprint density at radius 3 is 2.93 bits per heavy atom. The zero-order valence-corrected chi connectivity index (χ0v) is 16.7. The van der Waals surface area contributed by atoms with Gasteiger partial charge in [-0.25, -0.2) is 4.98 Å². The molecule has 0 bridgehead atoms. The van der Waals surface area contributed by atoms with Gasteiger partial charge in [0.15, 0.2) is 5.69 Å². The Bertz CT molecular complexity index is 1230. The number of benzene rings is 1.